The van der Waals surface area contributed by atoms with E-state index < -0.39 is 0 Å². The Labute approximate surface area is 153 Å². The summed E-state index contributed by atoms with van der Waals surface area (Å²) in [6.45, 7) is 4.15. The normalized spacial score (nSPS) is 21.9. The third-order valence-electron chi connectivity index (χ3n) is 4.57. The first kappa shape index (κ1) is 18.9. The van der Waals surface area contributed by atoms with Gasteiger partial charge < -0.3 is 11.1 Å². The van der Waals surface area contributed by atoms with Gasteiger partial charge in [0.2, 0.25) is 5.91 Å². The Hall–Kier alpha value is -1.40. The summed E-state index contributed by atoms with van der Waals surface area (Å²) in [5.41, 5.74) is 7.58. The summed E-state index contributed by atoms with van der Waals surface area (Å²) in [5, 5.41) is 5.04. The molecule has 2 aromatic rings. The number of carbonyl (C=O) groups excluding carboxylic acids is 1. The van der Waals surface area contributed by atoms with E-state index in [-0.39, 0.29) is 30.4 Å². The summed E-state index contributed by atoms with van der Waals surface area (Å²) in [7, 11) is 0. The van der Waals surface area contributed by atoms with Gasteiger partial charge in [0.1, 0.15) is 0 Å². The number of hydrogen-bond donors (Lipinski definition) is 2. The SMILES string of the molecule is CC(C(=O)NCc1cccs1)N1C[C@@H](N)[C@H](c2ccccc2)C1.Cl. The highest BCUT2D eigenvalue weighted by molar-refractivity contribution is 7.09. The van der Waals surface area contributed by atoms with Gasteiger partial charge in [0.25, 0.3) is 0 Å². The van der Waals surface area contributed by atoms with Crippen LogP contribution in [-0.4, -0.2) is 36.0 Å². The van der Waals surface area contributed by atoms with Gasteiger partial charge in [-0.2, -0.15) is 0 Å². The first-order valence-corrected chi connectivity index (χ1v) is 8.88. The van der Waals surface area contributed by atoms with Crippen LogP contribution in [0.25, 0.3) is 0 Å². The third-order valence-corrected chi connectivity index (χ3v) is 5.44. The quantitative estimate of drug-likeness (QED) is 0.856. The van der Waals surface area contributed by atoms with E-state index in [9.17, 15) is 4.79 Å². The number of rotatable bonds is 5. The van der Waals surface area contributed by atoms with Crippen LogP contribution in [-0.2, 0) is 11.3 Å². The summed E-state index contributed by atoms with van der Waals surface area (Å²) in [4.78, 5) is 15.7. The molecule has 0 spiro atoms. The first-order chi connectivity index (χ1) is 11.1. The Morgan fingerprint density at radius 3 is 2.71 bits per heavy atom. The monoisotopic (exact) mass is 365 g/mol. The van der Waals surface area contributed by atoms with Gasteiger partial charge in [-0.1, -0.05) is 36.4 Å². The van der Waals surface area contributed by atoms with Crippen LogP contribution in [0.15, 0.2) is 47.8 Å². The molecule has 1 aromatic carbocycles. The van der Waals surface area contributed by atoms with Gasteiger partial charge in [-0.25, -0.2) is 0 Å². The molecule has 130 valence electrons. The summed E-state index contributed by atoms with van der Waals surface area (Å²) >= 11 is 1.66. The second-order valence-electron chi connectivity index (χ2n) is 6.11. The molecule has 1 aliphatic rings. The summed E-state index contributed by atoms with van der Waals surface area (Å²) in [5.74, 6) is 0.364. The molecular weight excluding hydrogens is 342 g/mol. The molecule has 2 heterocycles. The lowest BCUT2D eigenvalue weighted by atomic mass is 9.95. The zero-order chi connectivity index (χ0) is 16.2. The van der Waals surface area contributed by atoms with Gasteiger partial charge in [0, 0.05) is 29.9 Å². The van der Waals surface area contributed by atoms with Crippen molar-refractivity contribution in [3.8, 4) is 0 Å². The minimum atomic E-state index is -0.158. The van der Waals surface area contributed by atoms with Crippen molar-refractivity contribution in [3.05, 3.63) is 58.3 Å². The Morgan fingerprint density at radius 2 is 2.04 bits per heavy atom. The minimum absolute atomic E-state index is 0. The zero-order valence-corrected chi connectivity index (χ0v) is 15.4. The van der Waals surface area contributed by atoms with E-state index in [2.05, 4.69) is 22.3 Å². The predicted octanol–water partition coefficient (Wildman–Crippen LogP) is 2.60. The number of thiophene rings is 1. The molecule has 1 aromatic heterocycles. The molecule has 1 fully saturated rings. The van der Waals surface area contributed by atoms with E-state index in [4.69, 9.17) is 5.73 Å². The van der Waals surface area contributed by atoms with Crippen molar-refractivity contribution in [1.82, 2.24) is 10.2 Å². The van der Waals surface area contributed by atoms with Crippen molar-refractivity contribution in [3.63, 3.8) is 0 Å². The zero-order valence-electron chi connectivity index (χ0n) is 13.7. The first-order valence-electron chi connectivity index (χ1n) is 8.00. The standard InChI is InChI=1S/C18H23N3OS.ClH/c1-13(18(22)20-10-15-8-5-9-23-15)21-11-16(17(19)12-21)14-6-3-2-4-7-14;/h2-9,13,16-17H,10-12,19H2,1H3,(H,20,22);1H/t13?,16-,17+;/m0./s1. The van der Waals surface area contributed by atoms with E-state index in [0.717, 1.165) is 13.1 Å². The molecule has 6 heteroatoms. The van der Waals surface area contributed by atoms with Crippen LogP contribution < -0.4 is 11.1 Å². The fourth-order valence-electron chi connectivity index (χ4n) is 3.13. The second-order valence-corrected chi connectivity index (χ2v) is 7.14. The number of halogens is 1. The smallest absolute Gasteiger partial charge is 0.237 e. The highest BCUT2D eigenvalue weighted by Crippen LogP contribution is 2.27. The molecule has 1 saturated heterocycles. The summed E-state index contributed by atoms with van der Waals surface area (Å²) in [6, 6.07) is 14.3. The molecule has 1 amide bonds. The Morgan fingerprint density at radius 1 is 1.29 bits per heavy atom. The van der Waals surface area contributed by atoms with Crippen LogP contribution >= 0.6 is 23.7 Å². The number of nitrogens with one attached hydrogen (secondary N) is 1. The van der Waals surface area contributed by atoms with Crippen molar-refractivity contribution in [2.45, 2.75) is 31.5 Å². The number of nitrogens with zero attached hydrogens (tertiary/aromatic N) is 1. The van der Waals surface area contributed by atoms with E-state index in [1.54, 1.807) is 11.3 Å². The summed E-state index contributed by atoms with van der Waals surface area (Å²) < 4.78 is 0. The van der Waals surface area contributed by atoms with Crippen LogP contribution in [0.1, 0.15) is 23.3 Å². The lowest BCUT2D eigenvalue weighted by Gasteiger charge is -2.23. The molecule has 3 rings (SSSR count). The molecule has 3 atom stereocenters. The van der Waals surface area contributed by atoms with E-state index in [0.29, 0.717) is 12.5 Å². The topological polar surface area (TPSA) is 58.4 Å². The molecule has 0 bridgehead atoms. The lowest BCUT2D eigenvalue weighted by molar-refractivity contribution is -0.125. The van der Waals surface area contributed by atoms with Crippen molar-refractivity contribution in [2.24, 2.45) is 5.73 Å². The minimum Gasteiger partial charge on any atom is -0.350 e. The molecular formula is C18H24ClN3OS. The van der Waals surface area contributed by atoms with Crippen molar-refractivity contribution < 1.29 is 4.79 Å². The number of likely N-dealkylation sites (tertiary alicyclic amines) is 1. The maximum Gasteiger partial charge on any atom is 0.237 e. The summed E-state index contributed by atoms with van der Waals surface area (Å²) in [6.07, 6.45) is 0. The highest BCUT2D eigenvalue weighted by atomic mass is 35.5. The van der Waals surface area contributed by atoms with Crippen LogP contribution in [0, 0.1) is 0 Å². The van der Waals surface area contributed by atoms with Crippen molar-refractivity contribution in [1.29, 1.82) is 0 Å². The maximum absolute atomic E-state index is 12.4. The largest absolute Gasteiger partial charge is 0.350 e. The molecule has 3 N–H and O–H groups in total. The van der Waals surface area contributed by atoms with Gasteiger partial charge in [-0.05, 0) is 23.9 Å². The van der Waals surface area contributed by atoms with E-state index >= 15 is 0 Å². The lowest BCUT2D eigenvalue weighted by Crippen LogP contribution is -2.44. The van der Waals surface area contributed by atoms with Gasteiger partial charge in [-0.3, -0.25) is 9.69 Å². The predicted molar refractivity (Wildman–Crippen MR) is 102 cm³/mol. The van der Waals surface area contributed by atoms with Crippen LogP contribution in [0.3, 0.4) is 0 Å². The van der Waals surface area contributed by atoms with Crippen LogP contribution in [0.4, 0.5) is 0 Å². The fourth-order valence-corrected chi connectivity index (χ4v) is 3.78. The molecule has 1 unspecified atom stereocenters. The average Bonchev–Trinajstić information content (AvgIpc) is 3.22. The molecule has 0 aliphatic carbocycles. The number of hydrogen-bond acceptors (Lipinski definition) is 4. The Kier molecular flexibility index (Phi) is 6.80. The Balaban J connectivity index is 0.00000208. The van der Waals surface area contributed by atoms with Gasteiger partial charge >= 0.3 is 0 Å². The Bertz CT molecular complexity index is 635. The number of benzene rings is 1. The third kappa shape index (κ3) is 4.36. The molecule has 0 radical (unpaired) electrons. The fraction of sp³-hybridized carbons (Fsp3) is 0.389. The van der Waals surface area contributed by atoms with Crippen LogP contribution in [0.2, 0.25) is 0 Å². The van der Waals surface area contributed by atoms with Crippen LogP contribution in [0.5, 0.6) is 0 Å². The van der Waals surface area contributed by atoms with Crippen molar-refractivity contribution in [2.75, 3.05) is 13.1 Å². The average molecular weight is 366 g/mol. The van der Waals surface area contributed by atoms with E-state index in [1.807, 2.05) is 42.6 Å². The van der Waals surface area contributed by atoms with E-state index in [1.165, 1.54) is 10.4 Å². The highest BCUT2D eigenvalue weighted by Gasteiger charge is 2.35. The van der Waals surface area contributed by atoms with Gasteiger partial charge in [0.05, 0.1) is 12.6 Å². The second kappa shape index (κ2) is 8.62. The molecule has 4 nitrogen and oxygen atoms in total. The molecule has 1 aliphatic heterocycles. The van der Waals surface area contributed by atoms with Crippen molar-refractivity contribution >= 4 is 29.7 Å². The number of nitrogens with two attached hydrogens (primary N) is 1. The number of carbonyl (C=O) groups is 1. The molecule has 0 saturated carbocycles. The number of amides is 1. The maximum atomic E-state index is 12.4. The molecule has 24 heavy (non-hydrogen) atoms. The van der Waals surface area contributed by atoms with Gasteiger partial charge in [0.15, 0.2) is 0 Å². The van der Waals surface area contributed by atoms with Gasteiger partial charge in [-0.15, -0.1) is 23.7 Å².